The molecule has 0 saturated carbocycles. The Morgan fingerprint density at radius 3 is 2.55 bits per heavy atom. The zero-order valence-electron chi connectivity index (χ0n) is 6.83. The molecule has 0 aromatic rings. The molecule has 0 aliphatic rings. The third-order valence-electron chi connectivity index (χ3n) is 1.98. The van der Waals surface area contributed by atoms with Gasteiger partial charge in [-0.05, 0) is 0 Å². The van der Waals surface area contributed by atoms with Crippen molar-refractivity contribution >= 4 is 0 Å². The van der Waals surface area contributed by atoms with Crippen LogP contribution in [0.1, 0.15) is 33.1 Å². The second kappa shape index (κ2) is 3.91. The molecule has 0 bridgehead atoms. The van der Waals surface area contributed by atoms with Gasteiger partial charge in [0.1, 0.15) is 0 Å². The van der Waals surface area contributed by atoms with Crippen LogP contribution in [0.2, 0.25) is 0 Å². The largest absolute Gasteiger partial charge is 0.264 e. The number of nitriles is 1. The second-order valence-corrected chi connectivity index (χ2v) is 2.77. The predicted molar refractivity (Wildman–Crippen MR) is 40.5 cm³/mol. The first-order valence-electron chi connectivity index (χ1n) is 3.58. The van der Waals surface area contributed by atoms with Crippen molar-refractivity contribution in [1.82, 2.24) is 0 Å². The van der Waals surface area contributed by atoms with E-state index in [4.69, 9.17) is 5.26 Å². The van der Waals surface area contributed by atoms with Crippen molar-refractivity contribution in [2.75, 3.05) is 0 Å². The number of rotatable bonds is 4. The minimum Gasteiger partial charge on any atom is -0.264 e. The maximum atomic E-state index is 10.5. The molecule has 0 aromatic heterocycles. The lowest BCUT2D eigenvalue weighted by Gasteiger charge is -2.16. The van der Waals surface area contributed by atoms with Crippen LogP contribution in [0.4, 0.5) is 0 Å². The van der Waals surface area contributed by atoms with Gasteiger partial charge in [0.15, 0.2) is 0 Å². The predicted octanol–water partition coefficient (Wildman–Crippen LogP) is 1.74. The highest BCUT2D eigenvalue weighted by Gasteiger charge is 2.33. The molecular weight excluding hydrogens is 144 g/mol. The first-order chi connectivity index (χ1) is 5.06. The molecule has 0 N–H and O–H groups in total. The Morgan fingerprint density at radius 1 is 1.73 bits per heavy atom. The molecule has 0 radical (unpaired) electrons. The molecule has 0 fully saturated rings. The van der Waals surface area contributed by atoms with Gasteiger partial charge in [-0.3, -0.25) is 10.1 Å². The van der Waals surface area contributed by atoms with Crippen LogP contribution in [0.3, 0.4) is 0 Å². The highest BCUT2D eigenvalue weighted by atomic mass is 16.6. The molecule has 4 nitrogen and oxygen atoms in total. The van der Waals surface area contributed by atoms with Crippen LogP contribution in [0.5, 0.6) is 0 Å². The summed E-state index contributed by atoms with van der Waals surface area (Å²) in [5.74, 6) is 0. The molecule has 0 amide bonds. The summed E-state index contributed by atoms with van der Waals surface area (Å²) in [4.78, 5) is 10.2. The highest BCUT2D eigenvalue weighted by molar-refractivity contribution is 4.79. The molecular formula is C7H12N2O2. The number of nitro groups is 1. The average molecular weight is 156 g/mol. The summed E-state index contributed by atoms with van der Waals surface area (Å²) >= 11 is 0. The number of hydrogen-bond donors (Lipinski definition) is 0. The lowest BCUT2D eigenvalue weighted by molar-refractivity contribution is -0.566. The Balaban J connectivity index is 4.13. The van der Waals surface area contributed by atoms with Crippen molar-refractivity contribution in [3.63, 3.8) is 0 Å². The minimum atomic E-state index is -0.907. The molecule has 0 rings (SSSR count). The van der Waals surface area contributed by atoms with E-state index in [1.807, 2.05) is 6.07 Å². The second-order valence-electron chi connectivity index (χ2n) is 2.77. The Kier molecular flexibility index (Phi) is 3.52. The quantitative estimate of drug-likeness (QED) is 0.460. The Labute approximate surface area is 66.0 Å². The van der Waals surface area contributed by atoms with Crippen LogP contribution in [-0.4, -0.2) is 10.5 Å². The highest BCUT2D eigenvalue weighted by Crippen LogP contribution is 2.19. The molecule has 1 unspecified atom stereocenters. The van der Waals surface area contributed by atoms with Crippen LogP contribution >= 0.6 is 0 Å². The van der Waals surface area contributed by atoms with E-state index >= 15 is 0 Å². The topological polar surface area (TPSA) is 66.9 Å². The van der Waals surface area contributed by atoms with Crippen LogP contribution in [0.25, 0.3) is 0 Å². The standard InChI is InChI=1S/C7H12N2O2/c1-3-7(2,9(10)11)5-4-6-8/h3-5H2,1-2H3. The van der Waals surface area contributed by atoms with Crippen LogP contribution in [-0.2, 0) is 0 Å². The van der Waals surface area contributed by atoms with Crippen molar-refractivity contribution < 1.29 is 4.92 Å². The third kappa shape index (κ3) is 2.54. The Hall–Kier alpha value is -1.11. The molecule has 62 valence electrons. The fourth-order valence-electron chi connectivity index (χ4n) is 0.722. The van der Waals surface area contributed by atoms with Crippen molar-refractivity contribution in [1.29, 1.82) is 5.26 Å². The van der Waals surface area contributed by atoms with E-state index in [-0.39, 0.29) is 11.3 Å². The smallest absolute Gasteiger partial charge is 0.220 e. The van der Waals surface area contributed by atoms with Gasteiger partial charge in [0.05, 0.1) is 6.07 Å². The van der Waals surface area contributed by atoms with E-state index in [2.05, 4.69) is 0 Å². The van der Waals surface area contributed by atoms with Gasteiger partial charge in [-0.15, -0.1) is 0 Å². The molecule has 0 saturated heterocycles. The van der Waals surface area contributed by atoms with E-state index in [1.165, 1.54) is 0 Å². The first-order valence-corrected chi connectivity index (χ1v) is 3.58. The zero-order valence-corrected chi connectivity index (χ0v) is 6.83. The molecule has 0 spiro atoms. The van der Waals surface area contributed by atoms with Gasteiger partial charge in [0.25, 0.3) is 0 Å². The van der Waals surface area contributed by atoms with E-state index in [9.17, 15) is 10.1 Å². The molecule has 0 aliphatic carbocycles. The van der Waals surface area contributed by atoms with Crippen LogP contribution in [0.15, 0.2) is 0 Å². The van der Waals surface area contributed by atoms with E-state index < -0.39 is 5.54 Å². The molecule has 0 heterocycles. The fraction of sp³-hybridized carbons (Fsp3) is 0.857. The number of nitrogens with zero attached hydrogens (tertiary/aromatic N) is 2. The summed E-state index contributed by atoms with van der Waals surface area (Å²) in [5.41, 5.74) is -0.907. The molecule has 4 heteroatoms. The van der Waals surface area contributed by atoms with Gasteiger partial charge in [-0.2, -0.15) is 5.26 Å². The van der Waals surface area contributed by atoms with Gasteiger partial charge in [0, 0.05) is 31.1 Å². The Bertz CT molecular complexity index is 185. The Morgan fingerprint density at radius 2 is 2.27 bits per heavy atom. The van der Waals surface area contributed by atoms with Gasteiger partial charge in [-0.25, -0.2) is 0 Å². The summed E-state index contributed by atoms with van der Waals surface area (Å²) in [6, 6.07) is 1.91. The van der Waals surface area contributed by atoms with Crippen molar-refractivity contribution in [3.8, 4) is 6.07 Å². The van der Waals surface area contributed by atoms with Crippen molar-refractivity contribution in [2.45, 2.75) is 38.6 Å². The lowest BCUT2D eigenvalue weighted by atomic mass is 9.94. The van der Waals surface area contributed by atoms with Gasteiger partial charge in [-0.1, -0.05) is 6.92 Å². The van der Waals surface area contributed by atoms with Gasteiger partial charge < -0.3 is 0 Å². The first kappa shape index (κ1) is 9.89. The SMILES string of the molecule is CCC(C)(CCC#N)[N+](=O)[O-]. The normalized spacial score (nSPS) is 15.0. The monoisotopic (exact) mass is 156 g/mol. The van der Waals surface area contributed by atoms with E-state index in [0.717, 1.165) is 0 Å². The molecule has 1 atom stereocenters. The summed E-state index contributed by atoms with van der Waals surface area (Å²) in [6.45, 7) is 3.34. The minimum absolute atomic E-state index is 0.255. The summed E-state index contributed by atoms with van der Waals surface area (Å²) in [6.07, 6.45) is 1.07. The van der Waals surface area contributed by atoms with E-state index in [1.54, 1.807) is 13.8 Å². The number of hydrogen-bond acceptors (Lipinski definition) is 3. The molecule has 11 heavy (non-hydrogen) atoms. The maximum absolute atomic E-state index is 10.5. The summed E-state index contributed by atoms with van der Waals surface area (Å²) < 4.78 is 0. The summed E-state index contributed by atoms with van der Waals surface area (Å²) in [7, 11) is 0. The van der Waals surface area contributed by atoms with Crippen LogP contribution < -0.4 is 0 Å². The van der Waals surface area contributed by atoms with Crippen molar-refractivity contribution in [3.05, 3.63) is 10.1 Å². The fourth-order valence-corrected chi connectivity index (χ4v) is 0.722. The van der Waals surface area contributed by atoms with Gasteiger partial charge in [0.2, 0.25) is 5.54 Å². The summed E-state index contributed by atoms with van der Waals surface area (Å²) in [5, 5.41) is 18.7. The van der Waals surface area contributed by atoms with Gasteiger partial charge >= 0.3 is 0 Å². The zero-order chi connectivity index (χ0) is 8.91. The average Bonchev–Trinajstić information content (AvgIpc) is 2.00. The van der Waals surface area contributed by atoms with Crippen LogP contribution in [0, 0.1) is 21.4 Å². The molecule has 0 aliphatic heterocycles. The maximum Gasteiger partial charge on any atom is 0.220 e. The molecule has 0 aromatic carbocycles. The lowest BCUT2D eigenvalue weighted by Crippen LogP contribution is -2.33. The van der Waals surface area contributed by atoms with Crippen molar-refractivity contribution in [2.24, 2.45) is 0 Å². The van der Waals surface area contributed by atoms with E-state index in [0.29, 0.717) is 12.8 Å². The third-order valence-corrected chi connectivity index (χ3v) is 1.98.